The zero-order valence-electron chi connectivity index (χ0n) is 9.43. The molecule has 0 N–H and O–H groups in total. The van der Waals surface area contributed by atoms with Gasteiger partial charge in [0.05, 0.1) is 12.6 Å². The van der Waals surface area contributed by atoms with Gasteiger partial charge in [0, 0.05) is 0 Å². The molecule has 0 aliphatic carbocycles. The molecule has 1 aliphatic heterocycles. The van der Waals surface area contributed by atoms with Gasteiger partial charge in [-0.1, -0.05) is 13.3 Å². The Labute approximate surface area is 89.6 Å². The SMILES string of the molecule is CCC[C@H]1COC(C)(C)N1C(=O)C=[N+]=[N-]. The minimum Gasteiger partial charge on any atom is -0.361 e. The van der Waals surface area contributed by atoms with Crippen molar-refractivity contribution in [2.75, 3.05) is 6.61 Å². The van der Waals surface area contributed by atoms with Crippen molar-refractivity contribution in [1.29, 1.82) is 0 Å². The van der Waals surface area contributed by atoms with Crippen molar-refractivity contribution in [3.8, 4) is 0 Å². The first-order valence-corrected chi connectivity index (χ1v) is 5.17. The van der Waals surface area contributed by atoms with E-state index in [9.17, 15) is 4.79 Å². The van der Waals surface area contributed by atoms with Crippen LogP contribution < -0.4 is 0 Å². The van der Waals surface area contributed by atoms with E-state index in [0.29, 0.717) is 6.61 Å². The molecule has 0 aromatic rings. The van der Waals surface area contributed by atoms with Crippen molar-refractivity contribution in [2.24, 2.45) is 0 Å². The lowest BCUT2D eigenvalue weighted by molar-refractivity contribution is -0.141. The van der Waals surface area contributed by atoms with E-state index in [1.54, 1.807) is 4.90 Å². The summed E-state index contributed by atoms with van der Waals surface area (Å²) >= 11 is 0. The van der Waals surface area contributed by atoms with E-state index in [4.69, 9.17) is 10.3 Å². The Hall–Kier alpha value is -1.19. The van der Waals surface area contributed by atoms with Crippen LogP contribution >= 0.6 is 0 Å². The highest BCUT2D eigenvalue weighted by Gasteiger charge is 2.43. The normalized spacial score (nSPS) is 23.7. The molecule has 1 fully saturated rings. The monoisotopic (exact) mass is 211 g/mol. The standard InChI is InChI=1S/C10H17N3O2/c1-4-5-8-7-15-10(2,3)13(8)9(14)6-12-11/h6,8H,4-5,7H2,1-3H3/t8-/m0/s1. The summed E-state index contributed by atoms with van der Waals surface area (Å²) in [4.78, 5) is 16.1. The summed E-state index contributed by atoms with van der Waals surface area (Å²) in [5, 5.41) is 0. The van der Waals surface area contributed by atoms with Crippen LogP contribution in [0, 0.1) is 0 Å². The fourth-order valence-corrected chi connectivity index (χ4v) is 1.99. The predicted molar refractivity (Wildman–Crippen MR) is 55.3 cm³/mol. The minimum absolute atomic E-state index is 0.0792. The Balaban J connectivity index is 2.86. The quantitative estimate of drug-likeness (QED) is 0.398. The topological polar surface area (TPSA) is 65.9 Å². The van der Waals surface area contributed by atoms with E-state index in [-0.39, 0.29) is 11.9 Å². The molecule has 0 aromatic heterocycles. The summed E-state index contributed by atoms with van der Waals surface area (Å²) < 4.78 is 5.55. The van der Waals surface area contributed by atoms with Gasteiger partial charge in [0.25, 0.3) is 0 Å². The van der Waals surface area contributed by atoms with Gasteiger partial charge in [-0.2, -0.15) is 4.79 Å². The van der Waals surface area contributed by atoms with Gasteiger partial charge >= 0.3 is 12.1 Å². The average molecular weight is 211 g/mol. The number of hydrogen-bond acceptors (Lipinski definition) is 2. The average Bonchev–Trinajstić information content (AvgIpc) is 2.43. The highest BCUT2D eigenvalue weighted by atomic mass is 16.5. The number of carbonyl (C=O) groups excluding carboxylic acids is 1. The molecule has 0 aromatic carbocycles. The summed E-state index contributed by atoms with van der Waals surface area (Å²) in [6.45, 7) is 6.29. The first-order valence-electron chi connectivity index (χ1n) is 5.17. The number of carbonyl (C=O) groups is 1. The van der Waals surface area contributed by atoms with Gasteiger partial charge in [-0.3, -0.25) is 9.69 Å². The molecule has 1 atom stereocenters. The zero-order chi connectivity index (χ0) is 11.5. The third-order valence-electron chi connectivity index (χ3n) is 2.60. The van der Waals surface area contributed by atoms with E-state index >= 15 is 0 Å². The molecule has 1 amide bonds. The highest BCUT2D eigenvalue weighted by molar-refractivity contribution is 6.24. The molecular formula is C10H17N3O2. The van der Waals surface area contributed by atoms with Crippen molar-refractivity contribution in [1.82, 2.24) is 4.90 Å². The molecule has 15 heavy (non-hydrogen) atoms. The summed E-state index contributed by atoms with van der Waals surface area (Å²) in [7, 11) is 0. The summed E-state index contributed by atoms with van der Waals surface area (Å²) in [6, 6.07) is 0.0792. The molecular weight excluding hydrogens is 194 g/mol. The second-order valence-electron chi connectivity index (χ2n) is 4.15. The van der Waals surface area contributed by atoms with Crippen LogP contribution in [0.25, 0.3) is 5.53 Å². The molecule has 0 saturated carbocycles. The second kappa shape index (κ2) is 4.55. The highest BCUT2D eigenvalue weighted by Crippen LogP contribution is 2.29. The van der Waals surface area contributed by atoms with Crippen molar-refractivity contribution in [3.05, 3.63) is 5.53 Å². The van der Waals surface area contributed by atoms with Crippen LogP contribution in [0.2, 0.25) is 0 Å². The van der Waals surface area contributed by atoms with Crippen LogP contribution in [0.1, 0.15) is 33.6 Å². The van der Waals surface area contributed by atoms with Gasteiger partial charge in [0.1, 0.15) is 5.72 Å². The molecule has 0 bridgehead atoms. The molecule has 1 saturated heterocycles. The van der Waals surface area contributed by atoms with Crippen LogP contribution in [0.15, 0.2) is 0 Å². The summed E-state index contributed by atoms with van der Waals surface area (Å²) in [6.07, 6.45) is 2.80. The number of ether oxygens (including phenoxy) is 1. The third kappa shape index (κ3) is 2.43. The summed E-state index contributed by atoms with van der Waals surface area (Å²) in [5.41, 5.74) is 7.75. The van der Waals surface area contributed by atoms with E-state index < -0.39 is 5.72 Å². The number of rotatable bonds is 3. The molecule has 5 heteroatoms. The number of hydrogen-bond donors (Lipinski definition) is 0. The van der Waals surface area contributed by atoms with Gasteiger partial charge in [-0.25, -0.2) is 0 Å². The van der Waals surface area contributed by atoms with Crippen molar-refractivity contribution in [2.45, 2.75) is 45.4 Å². The van der Waals surface area contributed by atoms with Crippen LogP contribution in [0.5, 0.6) is 0 Å². The van der Waals surface area contributed by atoms with Crippen molar-refractivity contribution >= 4 is 12.1 Å². The van der Waals surface area contributed by atoms with Gasteiger partial charge < -0.3 is 10.3 Å². The van der Waals surface area contributed by atoms with Gasteiger partial charge in [0.2, 0.25) is 0 Å². The van der Waals surface area contributed by atoms with Gasteiger partial charge in [-0.15, -0.1) is 0 Å². The first-order chi connectivity index (χ1) is 7.03. The minimum atomic E-state index is -0.613. The fourth-order valence-electron chi connectivity index (χ4n) is 1.99. The predicted octanol–water partition coefficient (Wildman–Crippen LogP) is 1.05. The Kier molecular flexibility index (Phi) is 3.61. The fraction of sp³-hybridized carbons (Fsp3) is 0.800. The van der Waals surface area contributed by atoms with Crippen LogP contribution in [0.4, 0.5) is 0 Å². The first kappa shape index (κ1) is 11.9. The molecule has 0 unspecified atom stereocenters. The Bertz CT molecular complexity index is 295. The second-order valence-corrected chi connectivity index (χ2v) is 4.15. The summed E-state index contributed by atoms with van der Waals surface area (Å²) in [5.74, 6) is -0.307. The largest absolute Gasteiger partial charge is 0.361 e. The van der Waals surface area contributed by atoms with E-state index in [2.05, 4.69) is 11.7 Å². The molecule has 1 heterocycles. The van der Waals surface area contributed by atoms with Crippen LogP contribution in [0.3, 0.4) is 0 Å². The van der Waals surface area contributed by atoms with Crippen LogP contribution in [-0.2, 0) is 9.53 Å². The van der Waals surface area contributed by atoms with Crippen LogP contribution in [-0.4, -0.2) is 40.2 Å². The molecule has 1 rings (SSSR count). The van der Waals surface area contributed by atoms with E-state index in [0.717, 1.165) is 19.1 Å². The van der Waals surface area contributed by atoms with E-state index in [1.807, 2.05) is 13.8 Å². The lowest BCUT2D eigenvalue weighted by Crippen LogP contribution is -2.48. The maximum absolute atomic E-state index is 11.7. The van der Waals surface area contributed by atoms with Crippen molar-refractivity contribution in [3.63, 3.8) is 0 Å². The Morgan fingerprint density at radius 1 is 1.73 bits per heavy atom. The zero-order valence-corrected chi connectivity index (χ0v) is 9.43. The lowest BCUT2D eigenvalue weighted by atomic mass is 10.1. The smallest absolute Gasteiger partial charge is 0.344 e. The molecule has 0 radical (unpaired) electrons. The third-order valence-corrected chi connectivity index (χ3v) is 2.60. The maximum atomic E-state index is 11.7. The number of amides is 1. The Morgan fingerprint density at radius 3 is 2.93 bits per heavy atom. The molecule has 1 aliphatic rings. The van der Waals surface area contributed by atoms with Gasteiger partial charge in [0.15, 0.2) is 0 Å². The molecule has 5 nitrogen and oxygen atoms in total. The van der Waals surface area contributed by atoms with Crippen molar-refractivity contribution < 1.29 is 14.3 Å². The Morgan fingerprint density at radius 2 is 2.40 bits per heavy atom. The van der Waals surface area contributed by atoms with E-state index in [1.165, 1.54) is 0 Å². The lowest BCUT2D eigenvalue weighted by Gasteiger charge is -2.31. The molecule has 84 valence electrons. The maximum Gasteiger partial charge on any atom is 0.344 e. The molecule has 0 spiro atoms. The van der Waals surface area contributed by atoms with Gasteiger partial charge in [-0.05, 0) is 20.3 Å². The number of nitrogens with zero attached hydrogens (tertiary/aromatic N) is 3.